The van der Waals surface area contributed by atoms with E-state index in [-0.39, 0.29) is 12.0 Å². The highest BCUT2D eigenvalue weighted by Crippen LogP contribution is 2.18. The lowest BCUT2D eigenvalue weighted by Gasteiger charge is -2.12. The molecule has 0 heterocycles. The Morgan fingerprint density at radius 2 is 1.79 bits per heavy atom. The first-order chi connectivity index (χ1) is 11.4. The van der Waals surface area contributed by atoms with E-state index in [0.717, 1.165) is 17.1 Å². The lowest BCUT2D eigenvalue weighted by atomic mass is 10.1. The third-order valence-electron chi connectivity index (χ3n) is 3.56. The molecule has 0 fully saturated rings. The maximum absolute atomic E-state index is 12.0. The minimum atomic E-state index is -0.00945. The average Bonchev–Trinajstić information content (AvgIpc) is 2.51. The molecule has 2 aromatic rings. The van der Waals surface area contributed by atoms with E-state index in [4.69, 9.17) is 4.74 Å². The zero-order chi connectivity index (χ0) is 17.5. The van der Waals surface area contributed by atoms with E-state index in [1.807, 2.05) is 38.1 Å². The van der Waals surface area contributed by atoms with Crippen LogP contribution in [0.4, 0.5) is 11.4 Å². The molecule has 24 heavy (non-hydrogen) atoms. The van der Waals surface area contributed by atoms with Gasteiger partial charge in [-0.1, -0.05) is 17.7 Å². The number of aryl methyl sites for hydroxylation is 2. The predicted molar refractivity (Wildman–Crippen MR) is 99.9 cm³/mol. The van der Waals surface area contributed by atoms with Gasteiger partial charge >= 0.3 is 0 Å². The highest BCUT2D eigenvalue weighted by atomic mass is 16.5. The fourth-order valence-corrected chi connectivity index (χ4v) is 2.44. The van der Waals surface area contributed by atoms with Gasteiger partial charge in [0.05, 0.1) is 6.10 Å². The molecule has 0 radical (unpaired) electrons. The summed E-state index contributed by atoms with van der Waals surface area (Å²) < 4.78 is 5.58. The normalized spacial score (nSPS) is 10.5. The molecule has 2 rings (SSSR count). The second-order valence-electron chi connectivity index (χ2n) is 6.23. The molecule has 1 amide bonds. The van der Waals surface area contributed by atoms with Gasteiger partial charge in [-0.2, -0.15) is 0 Å². The van der Waals surface area contributed by atoms with Crippen LogP contribution in [-0.2, 0) is 4.79 Å². The summed E-state index contributed by atoms with van der Waals surface area (Å²) in [6.07, 6.45) is 0.555. The van der Waals surface area contributed by atoms with Crippen LogP contribution in [-0.4, -0.2) is 18.6 Å². The standard InChI is InChI=1S/C20H26N2O2/c1-14(2)24-18-8-6-17(7-9-18)22-20(23)11-12-21-19-10-5-15(3)13-16(19)4/h5-10,13-14,21H,11-12H2,1-4H3,(H,22,23). The molecule has 128 valence electrons. The van der Waals surface area contributed by atoms with Gasteiger partial charge in [0.15, 0.2) is 0 Å². The SMILES string of the molecule is Cc1ccc(NCCC(=O)Nc2ccc(OC(C)C)cc2)c(C)c1. The number of carbonyl (C=O) groups is 1. The third kappa shape index (κ3) is 5.61. The van der Waals surface area contributed by atoms with Crippen molar-refractivity contribution in [2.75, 3.05) is 17.2 Å². The van der Waals surface area contributed by atoms with Crippen molar-refractivity contribution in [3.63, 3.8) is 0 Å². The van der Waals surface area contributed by atoms with Gasteiger partial charge in [0, 0.05) is 24.3 Å². The van der Waals surface area contributed by atoms with E-state index in [1.54, 1.807) is 0 Å². The summed E-state index contributed by atoms with van der Waals surface area (Å²) in [5.41, 5.74) is 4.28. The smallest absolute Gasteiger partial charge is 0.226 e. The van der Waals surface area contributed by atoms with Gasteiger partial charge in [-0.05, 0) is 63.6 Å². The summed E-state index contributed by atoms with van der Waals surface area (Å²) in [6.45, 7) is 8.71. The molecule has 0 aliphatic carbocycles. The number of anilines is 2. The van der Waals surface area contributed by atoms with Gasteiger partial charge in [0.25, 0.3) is 0 Å². The number of hydrogen-bond acceptors (Lipinski definition) is 3. The lowest BCUT2D eigenvalue weighted by Crippen LogP contribution is -2.16. The van der Waals surface area contributed by atoms with Crippen molar-refractivity contribution in [1.29, 1.82) is 0 Å². The van der Waals surface area contributed by atoms with E-state index in [2.05, 4.69) is 42.7 Å². The van der Waals surface area contributed by atoms with Gasteiger partial charge in [-0.15, -0.1) is 0 Å². The molecular weight excluding hydrogens is 300 g/mol. The molecule has 0 spiro atoms. The largest absolute Gasteiger partial charge is 0.491 e. The molecule has 2 aromatic carbocycles. The Morgan fingerprint density at radius 1 is 1.08 bits per heavy atom. The Bertz CT molecular complexity index is 679. The van der Waals surface area contributed by atoms with Gasteiger partial charge in [0.2, 0.25) is 5.91 Å². The quantitative estimate of drug-likeness (QED) is 0.786. The van der Waals surface area contributed by atoms with E-state index >= 15 is 0 Å². The van der Waals surface area contributed by atoms with Gasteiger partial charge in [-0.25, -0.2) is 0 Å². The maximum Gasteiger partial charge on any atom is 0.226 e. The van der Waals surface area contributed by atoms with Crippen molar-refractivity contribution in [2.45, 2.75) is 40.2 Å². The molecular formula is C20H26N2O2. The first-order valence-corrected chi connectivity index (χ1v) is 8.32. The summed E-state index contributed by atoms with van der Waals surface area (Å²) >= 11 is 0. The average molecular weight is 326 g/mol. The Kier molecular flexibility index (Phi) is 6.24. The molecule has 0 saturated carbocycles. The van der Waals surface area contributed by atoms with Crippen LogP contribution >= 0.6 is 0 Å². The van der Waals surface area contributed by atoms with Crippen LogP contribution in [0.2, 0.25) is 0 Å². The second-order valence-corrected chi connectivity index (χ2v) is 6.23. The zero-order valence-electron chi connectivity index (χ0n) is 14.8. The van der Waals surface area contributed by atoms with Crippen molar-refractivity contribution in [2.24, 2.45) is 0 Å². The molecule has 0 bridgehead atoms. The van der Waals surface area contributed by atoms with Crippen LogP contribution in [0.15, 0.2) is 42.5 Å². The van der Waals surface area contributed by atoms with E-state index < -0.39 is 0 Å². The molecule has 0 saturated heterocycles. The third-order valence-corrected chi connectivity index (χ3v) is 3.56. The van der Waals surface area contributed by atoms with Crippen LogP contribution in [0.1, 0.15) is 31.4 Å². The Balaban J connectivity index is 1.78. The van der Waals surface area contributed by atoms with Gasteiger partial charge in [-0.3, -0.25) is 4.79 Å². The Morgan fingerprint density at radius 3 is 2.42 bits per heavy atom. The van der Waals surface area contributed by atoms with Crippen LogP contribution < -0.4 is 15.4 Å². The van der Waals surface area contributed by atoms with Crippen LogP contribution in [0.3, 0.4) is 0 Å². The van der Waals surface area contributed by atoms with E-state index in [1.165, 1.54) is 11.1 Å². The van der Waals surface area contributed by atoms with Crippen molar-refractivity contribution in [3.05, 3.63) is 53.6 Å². The fraction of sp³-hybridized carbons (Fsp3) is 0.350. The summed E-state index contributed by atoms with van der Waals surface area (Å²) in [4.78, 5) is 12.0. The summed E-state index contributed by atoms with van der Waals surface area (Å²) in [7, 11) is 0. The van der Waals surface area contributed by atoms with Crippen LogP contribution in [0, 0.1) is 13.8 Å². The first kappa shape index (κ1) is 17.9. The Labute approximate surface area is 144 Å². The predicted octanol–water partition coefficient (Wildman–Crippen LogP) is 4.53. The van der Waals surface area contributed by atoms with E-state index in [0.29, 0.717) is 13.0 Å². The monoisotopic (exact) mass is 326 g/mol. The zero-order valence-corrected chi connectivity index (χ0v) is 14.8. The number of carbonyl (C=O) groups excluding carboxylic acids is 1. The highest BCUT2D eigenvalue weighted by Gasteiger charge is 2.04. The maximum atomic E-state index is 12.0. The minimum Gasteiger partial charge on any atom is -0.491 e. The number of amides is 1. The topological polar surface area (TPSA) is 50.4 Å². The molecule has 0 aromatic heterocycles. The summed E-state index contributed by atoms with van der Waals surface area (Å²) in [5, 5.41) is 6.20. The fourth-order valence-electron chi connectivity index (χ4n) is 2.44. The van der Waals surface area contributed by atoms with Crippen molar-refractivity contribution < 1.29 is 9.53 Å². The van der Waals surface area contributed by atoms with Crippen LogP contribution in [0.5, 0.6) is 5.75 Å². The first-order valence-electron chi connectivity index (χ1n) is 8.32. The van der Waals surface area contributed by atoms with Crippen molar-refractivity contribution in [3.8, 4) is 5.75 Å². The molecule has 0 aliphatic rings. The number of nitrogens with one attached hydrogen (secondary N) is 2. The van der Waals surface area contributed by atoms with Crippen LogP contribution in [0.25, 0.3) is 0 Å². The van der Waals surface area contributed by atoms with Gasteiger partial charge < -0.3 is 15.4 Å². The lowest BCUT2D eigenvalue weighted by molar-refractivity contribution is -0.115. The second kappa shape index (κ2) is 8.39. The minimum absolute atomic E-state index is 0.00945. The molecule has 4 heteroatoms. The summed E-state index contributed by atoms with van der Waals surface area (Å²) in [6, 6.07) is 13.7. The summed E-state index contributed by atoms with van der Waals surface area (Å²) in [5.74, 6) is 0.796. The molecule has 4 nitrogen and oxygen atoms in total. The number of hydrogen-bond donors (Lipinski definition) is 2. The molecule has 2 N–H and O–H groups in total. The highest BCUT2D eigenvalue weighted by molar-refractivity contribution is 5.91. The number of benzene rings is 2. The number of ether oxygens (including phenoxy) is 1. The van der Waals surface area contributed by atoms with Crippen molar-refractivity contribution in [1.82, 2.24) is 0 Å². The number of rotatable bonds is 7. The molecule has 0 unspecified atom stereocenters. The van der Waals surface area contributed by atoms with Gasteiger partial charge in [0.1, 0.15) is 5.75 Å². The molecule has 0 atom stereocenters. The van der Waals surface area contributed by atoms with Crippen molar-refractivity contribution >= 4 is 17.3 Å². The molecule has 0 aliphatic heterocycles. The van der Waals surface area contributed by atoms with E-state index in [9.17, 15) is 4.79 Å². The Hall–Kier alpha value is -2.49.